The van der Waals surface area contributed by atoms with Gasteiger partial charge in [-0.1, -0.05) is 26.8 Å². The zero-order chi connectivity index (χ0) is 20.5. The van der Waals surface area contributed by atoms with Crippen LogP contribution in [0.5, 0.6) is 0 Å². The average molecular weight is 404 g/mol. The summed E-state index contributed by atoms with van der Waals surface area (Å²) in [6.45, 7) is 8.54. The van der Waals surface area contributed by atoms with Crippen molar-refractivity contribution in [1.29, 1.82) is 0 Å². The second-order valence-electron chi connectivity index (χ2n) is 7.81. The highest BCUT2D eigenvalue weighted by Gasteiger charge is 2.22. The molecular formula is C18H25N7O2S. The number of imidazole rings is 1. The van der Waals surface area contributed by atoms with Crippen LogP contribution in [0.4, 0.5) is 23.1 Å². The predicted molar refractivity (Wildman–Crippen MR) is 112 cm³/mol. The number of aromatic amines is 1. The fourth-order valence-corrected chi connectivity index (χ4v) is 2.97. The van der Waals surface area contributed by atoms with E-state index >= 15 is 0 Å². The van der Waals surface area contributed by atoms with Crippen LogP contribution in [0, 0.1) is 5.41 Å². The summed E-state index contributed by atoms with van der Waals surface area (Å²) < 4.78 is 25.3. The van der Waals surface area contributed by atoms with Crippen LogP contribution in [0.1, 0.15) is 27.7 Å². The zero-order valence-corrected chi connectivity index (χ0v) is 17.3. The lowest BCUT2D eigenvalue weighted by molar-refractivity contribution is 0.359. The molecule has 0 amide bonds. The molecule has 0 radical (unpaired) electrons. The summed E-state index contributed by atoms with van der Waals surface area (Å²) in [5, 5.41) is 6.54. The highest BCUT2D eigenvalue weighted by atomic mass is 32.2. The molecule has 150 valence electrons. The van der Waals surface area contributed by atoms with E-state index in [9.17, 15) is 8.42 Å². The van der Waals surface area contributed by atoms with Crippen LogP contribution >= 0.6 is 0 Å². The highest BCUT2D eigenvalue weighted by molar-refractivity contribution is 7.92. The molecule has 4 N–H and O–H groups in total. The zero-order valence-electron chi connectivity index (χ0n) is 16.5. The van der Waals surface area contributed by atoms with Crippen LogP contribution in [0.25, 0.3) is 11.2 Å². The summed E-state index contributed by atoms with van der Waals surface area (Å²) in [5.74, 6) is 1.01. The van der Waals surface area contributed by atoms with Gasteiger partial charge in [0.1, 0.15) is 5.52 Å². The molecule has 0 fully saturated rings. The van der Waals surface area contributed by atoms with Gasteiger partial charge in [0.15, 0.2) is 11.5 Å². The van der Waals surface area contributed by atoms with Crippen molar-refractivity contribution >= 4 is 44.3 Å². The molecule has 0 aliphatic carbocycles. The molecule has 0 saturated carbocycles. The number of nitrogens with zero attached hydrogens (tertiary/aromatic N) is 3. The normalized spacial score (nSPS) is 13.3. The number of hydrogen-bond donors (Lipinski definition) is 4. The Labute approximate surface area is 164 Å². The third kappa shape index (κ3) is 4.89. The van der Waals surface area contributed by atoms with Crippen molar-refractivity contribution in [3.8, 4) is 0 Å². The molecule has 28 heavy (non-hydrogen) atoms. The first-order valence-electron chi connectivity index (χ1n) is 8.84. The van der Waals surface area contributed by atoms with Crippen molar-refractivity contribution in [2.45, 2.75) is 33.7 Å². The molecule has 0 saturated heterocycles. The van der Waals surface area contributed by atoms with Crippen molar-refractivity contribution in [3.63, 3.8) is 0 Å². The fourth-order valence-electron chi connectivity index (χ4n) is 2.42. The number of anilines is 4. The van der Waals surface area contributed by atoms with Gasteiger partial charge in [0.05, 0.1) is 18.3 Å². The SMILES string of the molecule is C[C@@H](Nc1nc(Nc2cccc(NS(C)(=O)=O)c2)nc2nc[nH]c12)C(C)(C)C. The molecule has 2 aromatic heterocycles. The van der Waals surface area contributed by atoms with E-state index < -0.39 is 10.0 Å². The van der Waals surface area contributed by atoms with Gasteiger partial charge in [-0.15, -0.1) is 0 Å². The minimum atomic E-state index is -3.36. The number of sulfonamides is 1. The first kappa shape index (κ1) is 19.9. The summed E-state index contributed by atoms with van der Waals surface area (Å²) in [6, 6.07) is 7.04. The number of H-pyrrole nitrogens is 1. The van der Waals surface area contributed by atoms with E-state index in [1.807, 2.05) is 0 Å². The number of rotatable bonds is 6. The van der Waals surface area contributed by atoms with Crippen molar-refractivity contribution in [2.75, 3.05) is 21.6 Å². The van der Waals surface area contributed by atoms with Gasteiger partial charge in [0.25, 0.3) is 0 Å². The quantitative estimate of drug-likeness (QED) is 0.497. The molecular weight excluding hydrogens is 378 g/mol. The van der Waals surface area contributed by atoms with Crippen LogP contribution in [-0.4, -0.2) is 40.7 Å². The number of nitrogens with one attached hydrogen (secondary N) is 4. The summed E-state index contributed by atoms with van der Waals surface area (Å²) >= 11 is 0. The summed E-state index contributed by atoms with van der Waals surface area (Å²) in [4.78, 5) is 16.3. The van der Waals surface area contributed by atoms with Crippen LogP contribution in [0.3, 0.4) is 0 Å². The molecule has 3 rings (SSSR count). The minimum absolute atomic E-state index is 0.0382. The van der Waals surface area contributed by atoms with Crippen molar-refractivity contribution in [2.24, 2.45) is 5.41 Å². The number of fused-ring (bicyclic) bond motifs is 1. The molecule has 0 aliphatic heterocycles. The van der Waals surface area contributed by atoms with E-state index in [4.69, 9.17) is 0 Å². The molecule has 10 heteroatoms. The molecule has 0 unspecified atom stereocenters. The second-order valence-corrected chi connectivity index (χ2v) is 9.56. The van der Waals surface area contributed by atoms with E-state index in [1.165, 1.54) is 0 Å². The monoisotopic (exact) mass is 403 g/mol. The largest absolute Gasteiger partial charge is 0.365 e. The number of hydrogen-bond acceptors (Lipinski definition) is 7. The second kappa shape index (κ2) is 7.27. The van der Waals surface area contributed by atoms with Gasteiger partial charge in [-0.2, -0.15) is 9.97 Å². The molecule has 9 nitrogen and oxygen atoms in total. The highest BCUT2D eigenvalue weighted by Crippen LogP contribution is 2.27. The van der Waals surface area contributed by atoms with Crippen LogP contribution < -0.4 is 15.4 Å². The van der Waals surface area contributed by atoms with Crippen LogP contribution in [0.15, 0.2) is 30.6 Å². The maximum atomic E-state index is 11.4. The molecule has 1 aromatic carbocycles. The van der Waals surface area contributed by atoms with E-state index in [0.29, 0.717) is 28.8 Å². The molecule has 2 heterocycles. The Morgan fingerprint density at radius 2 is 1.86 bits per heavy atom. The van der Waals surface area contributed by atoms with Gasteiger partial charge in [-0.3, -0.25) is 4.72 Å². The summed E-state index contributed by atoms with van der Waals surface area (Å²) in [7, 11) is -3.36. The lowest BCUT2D eigenvalue weighted by Crippen LogP contribution is -2.31. The molecule has 0 bridgehead atoms. The lowest BCUT2D eigenvalue weighted by atomic mass is 9.88. The predicted octanol–water partition coefficient (Wildman–Crippen LogP) is 3.31. The Hall–Kier alpha value is -2.88. The number of aromatic nitrogens is 4. The smallest absolute Gasteiger partial charge is 0.231 e. The van der Waals surface area contributed by atoms with Crippen LogP contribution in [-0.2, 0) is 10.0 Å². The summed E-state index contributed by atoms with van der Waals surface area (Å²) in [5.41, 5.74) is 2.41. The van der Waals surface area contributed by atoms with Gasteiger partial charge >= 0.3 is 0 Å². The maximum absolute atomic E-state index is 11.4. The molecule has 0 aliphatic rings. The van der Waals surface area contributed by atoms with Crippen LogP contribution in [0.2, 0.25) is 0 Å². The van der Waals surface area contributed by atoms with Gasteiger partial charge in [0, 0.05) is 11.7 Å². The van der Waals surface area contributed by atoms with E-state index in [1.54, 1.807) is 30.6 Å². The Morgan fingerprint density at radius 3 is 2.54 bits per heavy atom. The fraction of sp³-hybridized carbons (Fsp3) is 0.389. The van der Waals surface area contributed by atoms with Gasteiger partial charge in [-0.25, -0.2) is 13.4 Å². The van der Waals surface area contributed by atoms with E-state index in [-0.39, 0.29) is 11.5 Å². The average Bonchev–Trinajstić information content (AvgIpc) is 3.01. The van der Waals surface area contributed by atoms with Gasteiger partial charge in [-0.05, 0) is 30.5 Å². The van der Waals surface area contributed by atoms with E-state index in [2.05, 4.69) is 63.0 Å². The molecule has 1 atom stereocenters. The minimum Gasteiger partial charge on any atom is -0.365 e. The first-order chi connectivity index (χ1) is 13.0. The van der Waals surface area contributed by atoms with Gasteiger partial charge in [0.2, 0.25) is 16.0 Å². The Bertz CT molecular complexity index is 1090. The Morgan fingerprint density at radius 1 is 1.14 bits per heavy atom. The van der Waals surface area contributed by atoms with Crippen molar-refractivity contribution in [3.05, 3.63) is 30.6 Å². The standard InChI is InChI=1S/C18H25N7O2S/c1-11(18(2,3)4)21-16-14-15(20-10-19-14)23-17(24-16)22-12-7-6-8-13(9-12)25-28(5,26)27/h6-11,25H,1-5H3,(H3,19,20,21,22,23,24)/t11-/m1/s1. The molecule has 0 spiro atoms. The maximum Gasteiger partial charge on any atom is 0.231 e. The Kier molecular flexibility index (Phi) is 5.16. The third-order valence-corrected chi connectivity index (χ3v) is 4.97. The molecule has 3 aromatic rings. The topological polar surface area (TPSA) is 125 Å². The lowest BCUT2D eigenvalue weighted by Gasteiger charge is -2.28. The van der Waals surface area contributed by atoms with E-state index in [0.717, 1.165) is 11.8 Å². The van der Waals surface area contributed by atoms with Gasteiger partial charge < -0.3 is 15.6 Å². The van der Waals surface area contributed by atoms with Crippen molar-refractivity contribution < 1.29 is 8.42 Å². The third-order valence-electron chi connectivity index (χ3n) is 4.36. The summed E-state index contributed by atoms with van der Waals surface area (Å²) in [6.07, 6.45) is 2.68. The Balaban J connectivity index is 1.91. The van der Waals surface area contributed by atoms with Crippen molar-refractivity contribution in [1.82, 2.24) is 19.9 Å². The first-order valence-corrected chi connectivity index (χ1v) is 10.7. The number of benzene rings is 1.